The molecule has 12 heavy (non-hydrogen) atoms. The molecule has 0 radical (unpaired) electrons. The maximum atomic E-state index is 10.6. The minimum Gasteiger partial charge on any atom is -0.305 e. The molecule has 1 rings (SSSR count). The molecule has 0 fully saturated rings. The third kappa shape index (κ3) is 3.26. The topological polar surface area (TPSA) is 84.0 Å². The lowest BCUT2D eigenvalue weighted by molar-refractivity contribution is 0.594. The van der Waals surface area contributed by atoms with Crippen LogP contribution >= 0.6 is 0 Å². The van der Waals surface area contributed by atoms with Crippen LogP contribution in [0.4, 0.5) is 5.69 Å². The van der Waals surface area contributed by atoms with Gasteiger partial charge in [-0.05, 0) is 0 Å². The fourth-order valence-electron chi connectivity index (χ4n) is 0.515. The van der Waals surface area contributed by atoms with Crippen LogP contribution in [0.5, 0.6) is 0 Å². The molecule has 0 aliphatic rings. The Morgan fingerprint density at radius 2 is 1.92 bits per heavy atom. The molecule has 0 aliphatic carbocycles. The molecular formula is C5H8N4O2S. The van der Waals surface area contributed by atoms with Crippen LogP contribution in [0, 0.1) is 0 Å². The largest absolute Gasteiger partial charge is 0.305 e. The number of hydrogen-bond donors (Lipinski definition) is 2. The lowest BCUT2D eigenvalue weighted by Crippen LogP contribution is -2.28. The van der Waals surface area contributed by atoms with Gasteiger partial charge in [0.1, 0.15) is 6.33 Å². The van der Waals surface area contributed by atoms with Crippen LogP contribution in [-0.2, 0) is 10.0 Å². The van der Waals surface area contributed by atoms with Crippen molar-refractivity contribution in [2.24, 2.45) is 0 Å². The SMILES string of the molecule is CS(=O)(=O)NNc1cncnc1. The summed E-state index contributed by atoms with van der Waals surface area (Å²) in [6.07, 6.45) is 5.30. The zero-order valence-electron chi connectivity index (χ0n) is 6.35. The standard InChI is InChI=1S/C5H8N4O2S/c1-12(10,11)9-8-5-2-6-4-7-3-5/h2-4,8-9H,1H3. The second kappa shape index (κ2) is 3.46. The van der Waals surface area contributed by atoms with E-state index in [4.69, 9.17) is 0 Å². The number of hydrazine groups is 1. The molecule has 0 atom stereocenters. The van der Waals surface area contributed by atoms with E-state index in [2.05, 4.69) is 20.2 Å². The van der Waals surface area contributed by atoms with Crippen LogP contribution < -0.4 is 10.3 Å². The zero-order chi connectivity index (χ0) is 9.03. The van der Waals surface area contributed by atoms with Gasteiger partial charge in [0.2, 0.25) is 10.0 Å². The number of sulfonamides is 1. The van der Waals surface area contributed by atoms with E-state index >= 15 is 0 Å². The van der Waals surface area contributed by atoms with Crippen molar-refractivity contribution in [3.05, 3.63) is 18.7 Å². The van der Waals surface area contributed by atoms with Gasteiger partial charge in [-0.15, -0.1) is 4.83 Å². The van der Waals surface area contributed by atoms with Crippen molar-refractivity contribution in [3.63, 3.8) is 0 Å². The van der Waals surface area contributed by atoms with Crippen LogP contribution in [0.15, 0.2) is 18.7 Å². The molecule has 6 nitrogen and oxygen atoms in total. The third-order valence-corrected chi connectivity index (χ3v) is 1.41. The monoisotopic (exact) mass is 188 g/mol. The molecule has 1 heterocycles. The lowest BCUT2D eigenvalue weighted by Gasteiger charge is -2.03. The summed E-state index contributed by atoms with van der Waals surface area (Å²) in [5.41, 5.74) is 2.91. The number of anilines is 1. The average molecular weight is 188 g/mol. The van der Waals surface area contributed by atoms with Crippen molar-refractivity contribution in [1.82, 2.24) is 14.8 Å². The van der Waals surface area contributed by atoms with Crippen LogP contribution in [0.3, 0.4) is 0 Å². The highest BCUT2D eigenvalue weighted by Gasteiger charge is 1.98. The predicted octanol–water partition coefficient (Wildman–Crippen LogP) is -0.647. The van der Waals surface area contributed by atoms with Crippen LogP contribution in [0.2, 0.25) is 0 Å². The van der Waals surface area contributed by atoms with Crippen molar-refractivity contribution in [2.75, 3.05) is 11.7 Å². The van der Waals surface area contributed by atoms with Gasteiger partial charge in [0.05, 0.1) is 24.3 Å². The summed E-state index contributed by atoms with van der Waals surface area (Å²) in [5.74, 6) is 0. The molecule has 1 aromatic heterocycles. The van der Waals surface area contributed by atoms with Crippen molar-refractivity contribution < 1.29 is 8.42 Å². The maximum Gasteiger partial charge on any atom is 0.225 e. The van der Waals surface area contributed by atoms with Crippen LogP contribution in [-0.4, -0.2) is 24.6 Å². The molecule has 2 N–H and O–H groups in total. The molecular weight excluding hydrogens is 180 g/mol. The van der Waals surface area contributed by atoms with E-state index < -0.39 is 10.0 Å². The molecule has 0 aromatic carbocycles. The smallest absolute Gasteiger partial charge is 0.225 e. The summed E-state index contributed by atoms with van der Waals surface area (Å²) in [4.78, 5) is 9.43. The fourth-order valence-corrected chi connectivity index (χ4v) is 0.819. The van der Waals surface area contributed by atoms with E-state index in [1.165, 1.54) is 18.7 Å². The molecule has 0 saturated heterocycles. The highest BCUT2D eigenvalue weighted by Crippen LogP contribution is 1.97. The van der Waals surface area contributed by atoms with Gasteiger partial charge in [0.25, 0.3) is 0 Å². The fraction of sp³-hybridized carbons (Fsp3) is 0.200. The third-order valence-electron chi connectivity index (χ3n) is 0.941. The van der Waals surface area contributed by atoms with E-state index in [0.29, 0.717) is 5.69 Å². The molecule has 0 saturated carbocycles. The van der Waals surface area contributed by atoms with Gasteiger partial charge in [-0.2, -0.15) is 0 Å². The first-order valence-electron chi connectivity index (χ1n) is 3.06. The Labute approximate surface area is 70.1 Å². The van der Waals surface area contributed by atoms with E-state index in [-0.39, 0.29) is 0 Å². The second-order valence-electron chi connectivity index (χ2n) is 2.13. The number of rotatable bonds is 3. The molecule has 0 unspecified atom stereocenters. The molecule has 7 heteroatoms. The number of hydrogen-bond acceptors (Lipinski definition) is 5. The van der Waals surface area contributed by atoms with Gasteiger partial charge in [-0.25, -0.2) is 18.4 Å². The summed E-state index contributed by atoms with van der Waals surface area (Å²) in [7, 11) is -3.24. The summed E-state index contributed by atoms with van der Waals surface area (Å²) in [6.45, 7) is 0. The van der Waals surface area contributed by atoms with Crippen molar-refractivity contribution >= 4 is 15.7 Å². The first-order valence-corrected chi connectivity index (χ1v) is 4.95. The predicted molar refractivity (Wildman–Crippen MR) is 43.6 cm³/mol. The minimum absolute atomic E-state index is 0.489. The lowest BCUT2D eigenvalue weighted by atomic mass is 10.6. The first-order chi connectivity index (χ1) is 5.58. The van der Waals surface area contributed by atoms with Gasteiger partial charge in [0.15, 0.2) is 0 Å². The van der Waals surface area contributed by atoms with Crippen LogP contribution in [0.25, 0.3) is 0 Å². The van der Waals surface area contributed by atoms with Crippen molar-refractivity contribution in [3.8, 4) is 0 Å². The van der Waals surface area contributed by atoms with Crippen molar-refractivity contribution in [2.45, 2.75) is 0 Å². The first kappa shape index (κ1) is 8.88. The Bertz CT molecular complexity index is 336. The Hall–Kier alpha value is -1.21. The highest BCUT2D eigenvalue weighted by atomic mass is 32.2. The molecule has 0 bridgehead atoms. The highest BCUT2D eigenvalue weighted by molar-refractivity contribution is 7.88. The Kier molecular flexibility index (Phi) is 2.56. The molecule has 0 spiro atoms. The van der Waals surface area contributed by atoms with Gasteiger partial charge >= 0.3 is 0 Å². The van der Waals surface area contributed by atoms with Crippen molar-refractivity contribution in [1.29, 1.82) is 0 Å². The maximum absolute atomic E-state index is 10.6. The van der Waals surface area contributed by atoms with E-state index in [0.717, 1.165) is 6.26 Å². The van der Waals surface area contributed by atoms with E-state index in [1.807, 2.05) is 0 Å². The Morgan fingerprint density at radius 3 is 2.42 bits per heavy atom. The number of nitrogens with zero attached hydrogens (tertiary/aromatic N) is 2. The minimum atomic E-state index is -3.24. The molecule has 0 amide bonds. The summed E-state index contributed by atoms with van der Waals surface area (Å²) in [5, 5.41) is 0. The second-order valence-corrected chi connectivity index (χ2v) is 3.87. The number of nitrogens with one attached hydrogen (secondary N) is 2. The van der Waals surface area contributed by atoms with Gasteiger partial charge < -0.3 is 5.43 Å². The van der Waals surface area contributed by atoms with Gasteiger partial charge in [-0.1, -0.05) is 0 Å². The quantitative estimate of drug-likeness (QED) is 0.616. The summed E-state index contributed by atoms with van der Waals surface area (Å²) in [6, 6.07) is 0. The molecule has 1 aromatic rings. The molecule has 0 aliphatic heterocycles. The molecule has 66 valence electrons. The Balaban J connectivity index is 2.56. The normalized spacial score (nSPS) is 11.1. The van der Waals surface area contributed by atoms with Gasteiger partial charge in [-0.3, -0.25) is 0 Å². The van der Waals surface area contributed by atoms with E-state index in [9.17, 15) is 8.42 Å². The summed E-state index contributed by atoms with van der Waals surface area (Å²) >= 11 is 0. The summed E-state index contributed by atoms with van der Waals surface area (Å²) < 4.78 is 21.2. The zero-order valence-corrected chi connectivity index (χ0v) is 7.17. The van der Waals surface area contributed by atoms with Crippen LogP contribution in [0.1, 0.15) is 0 Å². The Morgan fingerprint density at radius 1 is 1.33 bits per heavy atom. The average Bonchev–Trinajstić information content (AvgIpc) is 2.02. The number of aromatic nitrogens is 2. The van der Waals surface area contributed by atoms with E-state index in [1.54, 1.807) is 0 Å². The van der Waals surface area contributed by atoms with Gasteiger partial charge in [0, 0.05) is 0 Å².